The highest BCUT2D eigenvalue weighted by Crippen LogP contribution is 2.10. The molecule has 2 aromatic rings. The van der Waals surface area contributed by atoms with Crippen molar-refractivity contribution in [3.63, 3.8) is 0 Å². The highest BCUT2D eigenvalue weighted by molar-refractivity contribution is 7.85. The Labute approximate surface area is 105 Å². The minimum atomic E-state index is -3.46. The zero-order chi connectivity index (χ0) is 13.2. The van der Waals surface area contributed by atoms with Gasteiger partial charge in [0.15, 0.2) is 0 Å². The highest BCUT2D eigenvalue weighted by atomic mass is 32.2. The zero-order valence-electron chi connectivity index (χ0n) is 9.94. The molecule has 0 aliphatic heterocycles. The first-order valence-electron chi connectivity index (χ1n) is 5.12. The number of aryl methyl sites for hydroxylation is 1. The quantitative estimate of drug-likeness (QED) is 0.748. The Morgan fingerprint density at radius 2 is 2.00 bits per heavy atom. The van der Waals surface area contributed by atoms with E-state index in [1.54, 1.807) is 31.6 Å². The summed E-state index contributed by atoms with van der Waals surface area (Å²) in [6.07, 6.45) is 5.86. The van der Waals surface area contributed by atoms with E-state index in [1.807, 2.05) is 0 Å². The fourth-order valence-corrected chi connectivity index (χ4v) is 1.66. The van der Waals surface area contributed by atoms with Gasteiger partial charge >= 0.3 is 0 Å². The predicted molar refractivity (Wildman–Crippen MR) is 63.5 cm³/mol. The highest BCUT2D eigenvalue weighted by Gasteiger charge is 2.10. The molecule has 0 spiro atoms. The molecule has 2 rings (SSSR count). The van der Waals surface area contributed by atoms with Gasteiger partial charge < -0.3 is 0 Å². The van der Waals surface area contributed by atoms with E-state index in [9.17, 15) is 8.42 Å². The van der Waals surface area contributed by atoms with Crippen molar-refractivity contribution in [1.82, 2.24) is 19.7 Å². The maximum absolute atomic E-state index is 10.9. The Bertz CT molecular complexity index is 636. The minimum absolute atomic E-state index is 0.0441. The summed E-state index contributed by atoms with van der Waals surface area (Å²) in [5.74, 6) is 0.422. The zero-order valence-corrected chi connectivity index (χ0v) is 10.8. The molecule has 0 unspecified atom stereocenters. The molecule has 0 atom stereocenters. The van der Waals surface area contributed by atoms with E-state index in [0.717, 1.165) is 6.26 Å². The third-order valence-corrected chi connectivity index (χ3v) is 2.73. The number of nitrogens with zero attached hydrogens (tertiary/aromatic N) is 4. The molecule has 7 nitrogen and oxygen atoms in total. The van der Waals surface area contributed by atoms with Crippen molar-refractivity contribution in [3.8, 4) is 5.95 Å². The van der Waals surface area contributed by atoms with Gasteiger partial charge in [0, 0.05) is 24.2 Å². The van der Waals surface area contributed by atoms with Gasteiger partial charge in [-0.2, -0.15) is 13.5 Å². The maximum Gasteiger partial charge on any atom is 0.264 e. The van der Waals surface area contributed by atoms with Crippen LogP contribution in [0.5, 0.6) is 0 Å². The van der Waals surface area contributed by atoms with E-state index < -0.39 is 10.1 Å². The van der Waals surface area contributed by atoms with Crippen LogP contribution in [0.15, 0.2) is 24.7 Å². The van der Waals surface area contributed by atoms with Crippen LogP contribution in [0.1, 0.15) is 11.3 Å². The van der Waals surface area contributed by atoms with Gasteiger partial charge in [-0.3, -0.25) is 4.18 Å². The molecule has 0 bridgehead atoms. The molecule has 0 amide bonds. The molecule has 0 saturated heterocycles. The second-order valence-electron chi connectivity index (χ2n) is 3.70. The molecular formula is C10H12N4O3S. The molecule has 0 fully saturated rings. The Morgan fingerprint density at radius 1 is 1.33 bits per heavy atom. The lowest BCUT2D eigenvalue weighted by atomic mass is 10.3. The van der Waals surface area contributed by atoms with Crippen LogP contribution in [-0.2, 0) is 20.9 Å². The van der Waals surface area contributed by atoms with E-state index in [2.05, 4.69) is 15.1 Å². The average Bonchev–Trinajstić information content (AvgIpc) is 2.68. The first-order chi connectivity index (χ1) is 8.46. The van der Waals surface area contributed by atoms with Crippen molar-refractivity contribution >= 4 is 10.1 Å². The molecule has 0 N–H and O–H groups in total. The van der Waals surface area contributed by atoms with Crippen LogP contribution in [0.2, 0.25) is 0 Å². The number of rotatable bonds is 4. The average molecular weight is 268 g/mol. The number of hydrogen-bond donors (Lipinski definition) is 0. The second-order valence-corrected chi connectivity index (χ2v) is 5.34. The summed E-state index contributed by atoms with van der Waals surface area (Å²) in [6, 6.07) is 1.70. The van der Waals surface area contributed by atoms with Gasteiger partial charge in [0.1, 0.15) is 0 Å². The van der Waals surface area contributed by atoms with E-state index in [1.165, 1.54) is 4.68 Å². The standard InChI is InChI=1S/C10H12N4O3S/c1-8-9(7-17-18(2,15)16)6-14(13-8)10-11-4-3-5-12-10/h3-6H,7H2,1-2H3. The van der Waals surface area contributed by atoms with Gasteiger partial charge in [0.25, 0.3) is 10.1 Å². The molecule has 8 heteroatoms. The van der Waals surface area contributed by atoms with Crippen molar-refractivity contribution in [1.29, 1.82) is 0 Å². The van der Waals surface area contributed by atoms with Gasteiger partial charge in [-0.25, -0.2) is 14.6 Å². The maximum atomic E-state index is 10.9. The molecular weight excluding hydrogens is 256 g/mol. The Kier molecular flexibility index (Phi) is 3.39. The second kappa shape index (κ2) is 4.83. The first kappa shape index (κ1) is 12.7. The van der Waals surface area contributed by atoms with Crippen LogP contribution in [0.4, 0.5) is 0 Å². The van der Waals surface area contributed by atoms with E-state index in [0.29, 0.717) is 17.2 Å². The third-order valence-electron chi connectivity index (χ3n) is 2.19. The van der Waals surface area contributed by atoms with Crippen molar-refractivity contribution in [2.45, 2.75) is 13.5 Å². The molecule has 18 heavy (non-hydrogen) atoms. The summed E-state index contributed by atoms with van der Waals surface area (Å²) in [5, 5.41) is 4.20. The summed E-state index contributed by atoms with van der Waals surface area (Å²) in [5.41, 5.74) is 1.35. The van der Waals surface area contributed by atoms with Gasteiger partial charge in [0.2, 0.25) is 5.95 Å². The fourth-order valence-electron chi connectivity index (χ4n) is 1.32. The van der Waals surface area contributed by atoms with Crippen LogP contribution < -0.4 is 0 Å². The molecule has 2 heterocycles. The largest absolute Gasteiger partial charge is 0.265 e. The number of hydrogen-bond acceptors (Lipinski definition) is 6. The van der Waals surface area contributed by atoms with Crippen molar-refractivity contribution in [2.75, 3.05) is 6.26 Å². The van der Waals surface area contributed by atoms with E-state index in [4.69, 9.17) is 4.18 Å². The summed E-state index contributed by atoms with van der Waals surface area (Å²) < 4.78 is 28.0. The SMILES string of the molecule is Cc1nn(-c2ncccn2)cc1COS(C)(=O)=O. The smallest absolute Gasteiger partial charge is 0.264 e. The van der Waals surface area contributed by atoms with Crippen LogP contribution in [0, 0.1) is 6.92 Å². The summed E-state index contributed by atoms with van der Waals surface area (Å²) in [4.78, 5) is 8.09. The lowest BCUT2D eigenvalue weighted by molar-refractivity contribution is 0.311. The Morgan fingerprint density at radius 3 is 2.61 bits per heavy atom. The topological polar surface area (TPSA) is 87.0 Å². The minimum Gasteiger partial charge on any atom is -0.265 e. The van der Waals surface area contributed by atoms with Crippen LogP contribution in [0.25, 0.3) is 5.95 Å². The van der Waals surface area contributed by atoms with Gasteiger partial charge in [-0.15, -0.1) is 0 Å². The molecule has 0 radical (unpaired) electrons. The van der Waals surface area contributed by atoms with Crippen molar-refractivity contribution in [2.24, 2.45) is 0 Å². The van der Waals surface area contributed by atoms with Crippen molar-refractivity contribution in [3.05, 3.63) is 35.9 Å². The predicted octanol–water partition coefficient (Wildman–Crippen LogP) is 0.447. The number of aromatic nitrogens is 4. The third kappa shape index (κ3) is 3.11. The lowest BCUT2D eigenvalue weighted by Crippen LogP contribution is -2.02. The molecule has 0 saturated carbocycles. The normalized spacial score (nSPS) is 11.7. The van der Waals surface area contributed by atoms with Gasteiger partial charge in [-0.1, -0.05) is 0 Å². The Hall–Kier alpha value is -1.80. The summed E-state index contributed by atoms with van der Waals surface area (Å²) in [7, 11) is -3.46. The molecule has 0 aliphatic rings. The van der Waals surface area contributed by atoms with E-state index >= 15 is 0 Å². The Balaban J connectivity index is 2.23. The van der Waals surface area contributed by atoms with E-state index in [-0.39, 0.29) is 6.61 Å². The monoisotopic (exact) mass is 268 g/mol. The summed E-state index contributed by atoms with van der Waals surface area (Å²) in [6.45, 7) is 1.72. The molecule has 2 aromatic heterocycles. The van der Waals surface area contributed by atoms with Gasteiger partial charge in [-0.05, 0) is 13.0 Å². The van der Waals surface area contributed by atoms with Crippen LogP contribution >= 0.6 is 0 Å². The van der Waals surface area contributed by atoms with Crippen molar-refractivity contribution < 1.29 is 12.6 Å². The molecule has 0 aromatic carbocycles. The summed E-state index contributed by atoms with van der Waals surface area (Å²) >= 11 is 0. The van der Waals surface area contributed by atoms with Gasteiger partial charge in [0.05, 0.1) is 18.6 Å². The van der Waals surface area contributed by atoms with Crippen LogP contribution in [-0.4, -0.2) is 34.4 Å². The fraction of sp³-hybridized carbons (Fsp3) is 0.300. The first-order valence-corrected chi connectivity index (χ1v) is 6.94. The molecule has 0 aliphatic carbocycles. The lowest BCUT2D eigenvalue weighted by Gasteiger charge is -1.98. The van der Waals surface area contributed by atoms with Crippen LogP contribution in [0.3, 0.4) is 0 Å². The molecule has 96 valence electrons.